The fraction of sp³-hybridized carbons (Fsp3) is 0.500. The Morgan fingerprint density at radius 3 is 2.86 bits per heavy atom. The summed E-state index contributed by atoms with van der Waals surface area (Å²) >= 11 is 0. The van der Waals surface area contributed by atoms with Crippen LogP contribution in [-0.2, 0) is 19.7 Å². The third kappa shape index (κ3) is 5.19. The second-order valence-electron chi connectivity index (χ2n) is 5.02. The largest absolute Gasteiger partial charge is 0.484 e. The Morgan fingerprint density at radius 2 is 2.05 bits per heavy atom. The van der Waals surface area contributed by atoms with Crippen LogP contribution in [-0.4, -0.2) is 21.3 Å². The van der Waals surface area contributed by atoms with Gasteiger partial charge in [-0.2, -0.15) is 5.10 Å². The van der Waals surface area contributed by atoms with Crippen LogP contribution in [0.3, 0.4) is 0 Å². The number of hydrogen-bond donors (Lipinski definition) is 1. The van der Waals surface area contributed by atoms with E-state index in [0.717, 1.165) is 49.6 Å². The summed E-state index contributed by atoms with van der Waals surface area (Å²) in [5.74, 6) is 0.791. The van der Waals surface area contributed by atoms with Crippen LogP contribution in [0.25, 0.3) is 0 Å². The quantitative estimate of drug-likeness (QED) is 0.721. The number of ether oxygens (including phenoxy) is 1. The molecule has 0 saturated carbocycles. The molecule has 5 nitrogen and oxygen atoms in total. The Bertz CT molecular complexity index is 539. The van der Waals surface area contributed by atoms with Crippen LogP contribution in [0.5, 0.6) is 5.75 Å². The molecule has 0 bridgehead atoms. The van der Waals surface area contributed by atoms with Crippen molar-refractivity contribution in [2.75, 3.05) is 6.54 Å². The second kappa shape index (κ2) is 8.42. The predicted molar refractivity (Wildman–Crippen MR) is 83.1 cm³/mol. The topological polar surface area (TPSA) is 52.0 Å². The minimum Gasteiger partial charge on any atom is -0.484 e. The molecule has 0 atom stereocenters. The van der Waals surface area contributed by atoms with Crippen LogP contribution in [0.4, 0.5) is 0 Å². The van der Waals surface area contributed by atoms with Crippen molar-refractivity contribution in [1.82, 2.24) is 20.1 Å². The molecule has 0 amide bonds. The van der Waals surface area contributed by atoms with Gasteiger partial charge in [-0.25, -0.2) is 0 Å². The molecule has 0 aliphatic rings. The van der Waals surface area contributed by atoms with Gasteiger partial charge in [-0.3, -0.25) is 9.67 Å². The van der Waals surface area contributed by atoms with Gasteiger partial charge in [-0.15, -0.1) is 0 Å². The van der Waals surface area contributed by atoms with E-state index in [0.29, 0.717) is 6.61 Å². The number of aryl methyl sites for hydroxylation is 1. The summed E-state index contributed by atoms with van der Waals surface area (Å²) in [6.07, 6.45) is 5.87. The lowest BCUT2D eigenvalue weighted by atomic mass is 10.3. The van der Waals surface area contributed by atoms with E-state index in [1.165, 1.54) is 0 Å². The van der Waals surface area contributed by atoms with Crippen LogP contribution in [0, 0.1) is 0 Å². The lowest BCUT2D eigenvalue weighted by Gasteiger charge is -2.06. The SMILES string of the molecule is CCCNCc1cccc(COc2cnn(CCC)c2)n1. The molecule has 0 unspecified atom stereocenters. The fourth-order valence-electron chi connectivity index (χ4n) is 2.03. The maximum absolute atomic E-state index is 5.73. The summed E-state index contributed by atoms with van der Waals surface area (Å²) in [5.41, 5.74) is 1.99. The molecule has 0 aromatic carbocycles. The molecule has 0 saturated heterocycles. The number of pyridine rings is 1. The summed E-state index contributed by atoms with van der Waals surface area (Å²) in [4.78, 5) is 4.59. The molecular weight excluding hydrogens is 264 g/mol. The Balaban J connectivity index is 1.85. The van der Waals surface area contributed by atoms with Gasteiger partial charge in [-0.1, -0.05) is 19.9 Å². The van der Waals surface area contributed by atoms with E-state index in [1.54, 1.807) is 6.20 Å². The van der Waals surface area contributed by atoms with E-state index in [1.807, 2.05) is 29.1 Å². The normalized spacial score (nSPS) is 10.8. The van der Waals surface area contributed by atoms with Crippen molar-refractivity contribution in [2.45, 2.75) is 46.4 Å². The molecule has 2 heterocycles. The maximum atomic E-state index is 5.73. The first-order chi connectivity index (χ1) is 10.3. The van der Waals surface area contributed by atoms with Gasteiger partial charge in [0.25, 0.3) is 0 Å². The molecule has 0 spiro atoms. The van der Waals surface area contributed by atoms with Crippen molar-refractivity contribution in [1.29, 1.82) is 0 Å². The van der Waals surface area contributed by atoms with Gasteiger partial charge in [0.2, 0.25) is 0 Å². The highest BCUT2D eigenvalue weighted by Crippen LogP contribution is 2.11. The molecule has 21 heavy (non-hydrogen) atoms. The maximum Gasteiger partial charge on any atom is 0.157 e. The summed E-state index contributed by atoms with van der Waals surface area (Å²) in [6, 6.07) is 6.04. The number of aromatic nitrogens is 3. The third-order valence-corrected chi connectivity index (χ3v) is 3.05. The first kappa shape index (κ1) is 15.5. The van der Waals surface area contributed by atoms with Crippen LogP contribution in [0.15, 0.2) is 30.6 Å². The minimum atomic E-state index is 0.472. The Labute approximate surface area is 126 Å². The van der Waals surface area contributed by atoms with Crippen LogP contribution >= 0.6 is 0 Å². The highest BCUT2D eigenvalue weighted by atomic mass is 16.5. The molecule has 0 aliphatic heterocycles. The zero-order valence-electron chi connectivity index (χ0n) is 12.9. The summed E-state index contributed by atoms with van der Waals surface area (Å²) < 4.78 is 7.63. The number of nitrogens with zero attached hydrogens (tertiary/aromatic N) is 3. The standard InChI is InChI=1S/C16H24N4O/c1-3-8-17-10-14-6-5-7-15(19-14)13-21-16-11-18-20(12-16)9-4-2/h5-7,11-12,17H,3-4,8-10,13H2,1-2H3. The Morgan fingerprint density at radius 1 is 1.19 bits per heavy atom. The van der Waals surface area contributed by atoms with Crippen LogP contribution in [0.1, 0.15) is 38.1 Å². The van der Waals surface area contributed by atoms with Crippen LogP contribution < -0.4 is 10.1 Å². The van der Waals surface area contributed by atoms with Crippen molar-refractivity contribution in [2.24, 2.45) is 0 Å². The lowest BCUT2D eigenvalue weighted by molar-refractivity contribution is 0.300. The second-order valence-corrected chi connectivity index (χ2v) is 5.02. The van der Waals surface area contributed by atoms with Crippen molar-refractivity contribution in [3.8, 4) is 5.75 Å². The minimum absolute atomic E-state index is 0.472. The average molecular weight is 288 g/mol. The first-order valence-electron chi connectivity index (χ1n) is 7.62. The zero-order valence-corrected chi connectivity index (χ0v) is 12.9. The highest BCUT2D eigenvalue weighted by molar-refractivity contribution is 5.14. The van der Waals surface area contributed by atoms with Crippen LogP contribution in [0.2, 0.25) is 0 Å². The molecule has 5 heteroatoms. The third-order valence-electron chi connectivity index (χ3n) is 3.05. The molecule has 2 rings (SSSR count). The highest BCUT2D eigenvalue weighted by Gasteiger charge is 2.02. The zero-order chi connectivity index (χ0) is 14.9. The van der Waals surface area contributed by atoms with Gasteiger partial charge in [0, 0.05) is 13.1 Å². The number of nitrogens with one attached hydrogen (secondary N) is 1. The van der Waals surface area contributed by atoms with Gasteiger partial charge in [-0.05, 0) is 31.5 Å². The average Bonchev–Trinajstić information content (AvgIpc) is 2.94. The smallest absolute Gasteiger partial charge is 0.157 e. The molecule has 2 aromatic rings. The molecule has 0 aliphatic carbocycles. The summed E-state index contributed by atoms with van der Waals surface area (Å²) in [5, 5.41) is 7.60. The van der Waals surface area contributed by atoms with Gasteiger partial charge in [0.05, 0.1) is 23.8 Å². The van der Waals surface area contributed by atoms with Crippen molar-refractivity contribution in [3.63, 3.8) is 0 Å². The van der Waals surface area contributed by atoms with Crippen molar-refractivity contribution in [3.05, 3.63) is 42.0 Å². The van der Waals surface area contributed by atoms with E-state index in [2.05, 4.69) is 29.2 Å². The molecule has 0 radical (unpaired) electrons. The van der Waals surface area contributed by atoms with E-state index in [-0.39, 0.29) is 0 Å². The molecule has 2 aromatic heterocycles. The van der Waals surface area contributed by atoms with E-state index >= 15 is 0 Å². The van der Waals surface area contributed by atoms with E-state index < -0.39 is 0 Å². The van der Waals surface area contributed by atoms with Gasteiger partial charge >= 0.3 is 0 Å². The van der Waals surface area contributed by atoms with Gasteiger partial charge in [0.15, 0.2) is 5.75 Å². The van der Waals surface area contributed by atoms with E-state index in [4.69, 9.17) is 4.74 Å². The Hall–Kier alpha value is -1.88. The van der Waals surface area contributed by atoms with Crippen molar-refractivity contribution >= 4 is 0 Å². The number of hydrogen-bond acceptors (Lipinski definition) is 4. The Kier molecular flexibility index (Phi) is 6.22. The summed E-state index contributed by atoms with van der Waals surface area (Å²) in [6.45, 7) is 7.49. The van der Waals surface area contributed by atoms with E-state index in [9.17, 15) is 0 Å². The lowest BCUT2D eigenvalue weighted by Crippen LogP contribution is -2.15. The van der Waals surface area contributed by atoms with Crippen molar-refractivity contribution < 1.29 is 4.74 Å². The molecule has 114 valence electrons. The fourth-order valence-corrected chi connectivity index (χ4v) is 2.03. The molecule has 0 fully saturated rings. The molecule has 1 N–H and O–H groups in total. The van der Waals surface area contributed by atoms with Gasteiger partial charge < -0.3 is 10.1 Å². The van der Waals surface area contributed by atoms with Gasteiger partial charge in [0.1, 0.15) is 6.61 Å². The predicted octanol–water partition coefficient (Wildman–Crippen LogP) is 2.77. The number of rotatable bonds is 9. The molecular formula is C16H24N4O. The monoisotopic (exact) mass is 288 g/mol. The first-order valence-corrected chi connectivity index (χ1v) is 7.62. The summed E-state index contributed by atoms with van der Waals surface area (Å²) in [7, 11) is 0.